The summed E-state index contributed by atoms with van der Waals surface area (Å²) in [6, 6.07) is 13.5. The number of hydrogen-bond acceptors (Lipinski definition) is 7. The number of non-ortho nitro benzene ring substituents is 1. The van der Waals surface area contributed by atoms with Crippen molar-refractivity contribution in [3.63, 3.8) is 0 Å². The number of rotatable bonds is 4. The predicted molar refractivity (Wildman–Crippen MR) is 104 cm³/mol. The van der Waals surface area contributed by atoms with E-state index in [4.69, 9.17) is 9.15 Å². The van der Waals surface area contributed by atoms with Crippen LogP contribution >= 0.6 is 11.3 Å². The number of halogens is 1. The minimum atomic E-state index is -0.722. The van der Waals surface area contributed by atoms with E-state index in [-0.39, 0.29) is 17.0 Å². The molecule has 3 aromatic carbocycles. The molecule has 0 fully saturated rings. The first-order chi connectivity index (χ1) is 13.9. The number of carbonyl (C=O) groups excluding carboxylic acids is 1. The van der Waals surface area contributed by atoms with Gasteiger partial charge in [-0.15, -0.1) is 0 Å². The largest absolute Gasteiger partial charge is 0.423 e. The molecular weight excluding hydrogens is 401 g/mol. The number of nitro groups is 1. The van der Waals surface area contributed by atoms with Gasteiger partial charge in [-0.1, -0.05) is 23.5 Å². The SMILES string of the molecule is O=C(Oc1cc(-c2ccc(F)cc2)c2oc(=O)sc2c1)c1ccc([N+](=O)[O-])cc1. The minimum absolute atomic E-state index is 0.124. The first-order valence-electron chi connectivity index (χ1n) is 8.21. The highest BCUT2D eigenvalue weighted by atomic mass is 32.1. The van der Waals surface area contributed by atoms with Crippen molar-refractivity contribution in [2.45, 2.75) is 0 Å². The van der Waals surface area contributed by atoms with E-state index in [9.17, 15) is 24.1 Å². The van der Waals surface area contributed by atoms with Crippen molar-refractivity contribution in [3.8, 4) is 16.9 Å². The van der Waals surface area contributed by atoms with Crippen molar-refractivity contribution in [1.82, 2.24) is 0 Å². The summed E-state index contributed by atoms with van der Waals surface area (Å²) in [6.07, 6.45) is 0. The lowest BCUT2D eigenvalue weighted by molar-refractivity contribution is -0.384. The predicted octanol–water partition coefficient (Wildman–Crippen LogP) is 4.79. The van der Waals surface area contributed by atoms with Crippen molar-refractivity contribution in [1.29, 1.82) is 0 Å². The van der Waals surface area contributed by atoms with Gasteiger partial charge in [-0.3, -0.25) is 10.1 Å². The Balaban J connectivity index is 1.72. The van der Waals surface area contributed by atoms with E-state index in [0.717, 1.165) is 11.3 Å². The van der Waals surface area contributed by atoms with Crippen LogP contribution in [0.3, 0.4) is 0 Å². The Morgan fingerprint density at radius 1 is 1.07 bits per heavy atom. The lowest BCUT2D eigenvalue weighted by Crippen LogP contribution is -2.08. The molecule has 7 nitrogen and oxygen atoms in total. The molecule has 0 unspecified atom stereocenters. The lowest BCUT2D eigenvalue weighted by Gasteiger charge is -2.08. The first kappa shape index (κ1) is 18.5. The molecule has 0 bridgehead atoms. The molecule has 0 saturated heterocycles. The molecule has 9 heteroatoms. The Bertz CT molecular complexity index is 1290. The second-order valence-electron chi connectivity index (χ2n) is 5.95. The Labute approximate surface area is 165 Å². The van der Waals surface area contributed by atoms with Crippen molar-refractivity contribution >= 4 is 33.3 Å². The zero-order valence-electron chi connectivity index (χ0n) is 14.5. The van der Waals surface area contributed by atoms with Crippen LogP contribution in [0.1, 0.15) is 10.4 Å². The van der Waals surface area contributed by atoms with Crippen molar-refractivity contribution in [2.24, 2.45) is 0 Å². The summed E-state index contributed by atoms with van der Waals surface area (Å²) >= 11 is 0.844. The maximum Gasteiger partial charge on any atom is 0.396 e. The van der Waals surface area contributed by atoms with Gasteiger partial charge in [0, 0.05) is 23.8 Å². The number of benzene rings is 3. The lowest BCUT2D eigenvalue weighted by atomic mass is 10.0. The summed E-state index contributed by atoms with van der Waals surface area (Å²) in [5.74, 6) is -0.991. The van der Waals surface area contributed by atoms with Crippen molar-refractivity contribution < 1.29 is 23.3 Å². The highest BCUT2D eigenvalue weighted by Gasteiger charge is 2.16. The molecule has 1 aromatic heterocycles. The van der Waals surface area contributed by atoms with E-state index >= 15 is 0 Å². The zero-order chi connectivity index (χ0) is 20.5. The van der Waals surface area contributed by atoms with E-state index < -0.39 is 21.6 Å². The van der Waals surface area contributed by atoms with Gasteiger partial charge < -0.3 is 9.15 Å². The number of carbonyl (C=O) groups is 1. The topological polar surface area (TPSA) is 99.7 Å². The molecule has 0 aliphatic carbocycles. The van der Waals surface area contributed by atoms with Crippen molar-refractivity contribution in [2.75, 3.05) is 0 Å². The first-order valence-corrected chi connectivity index (χ1v) is 9.02. The second kappa shape index (κ2) is 7.28. The molecule has 4 rings (SSSR count). The summed E-state index contributed by atoms with van der Waals surface area (Å²) in [4.78, 5) is 33.7. The molecule has 0 N–H and O–H groups in total. The third-order valence-corrected chi connectivity index (χ3v) is 4.86. The van der Waals surface area contributed by atoms with Crippen LogP contribution in [0.25, 0.3) is 21.4 Å². The van der Waals surface area contributed by atoms with Crippen LogP contribution in [0.15, 0.2) is 69.9 Å². The van der Waals surface area contributed by atoms with Gasteiger partial charge in [-0.2, -0.15) is 0 Å². The third kappa shape index (κ3) is 3.76. The van der Waals surface area contributed by atoms with Crippen LogP contribution in [0.5, 0.6) is 5.75 Å². The second-order valence-corrected chi connectivity index (χ2v) is 6.93. The molecule has 4 aromatic rings. The molecule has 0 aliphatic rings. The number of hydrogen-bond donors (Lipinski definition) is 0. The molecule has 0 atom stereocenters. The summed E-state index contributed by atoms with van der Waals surface area (Å²) in [6.45, 7) is 0. The molecule has 1 heterocycles. The molecule has 0 spiro atoms. The van der Waals surface area contributed by atoms with Gasteiger partial charge in [0.05, 0.1) is 15.2 Å². The Kier molecular flexibility index (Phi) is 4.65. The van der Waals surface area contributed by atoms with E-state index in [1.807, 2.05) is 0 Å². The van der Waals surface area contributed by atoms with E-state index in [1.165, 1.54) is 60.7 Å². The van der Waals surface area contributed by atoms with Crippen LogP contribution in [-0.4, -0.2) is 10.9 Å². The number of nitro benzene ring substituents is 1. The van der Waals surface area contributed by atoms with Crippen LogP contribution < -0.4 is 9.68 Å². The van der Waals surface area contributed by atoms with Gasteiger partial charge in [-0.25, -0.2) is 14.0 Å². The normalized spacial score (nSPS) is 10.8. The third-order valence-electron chi connectivity index (χ3n) is 4.09. The van der Waals surface area contributed by atoms with E-state index in [2.05, 4.69) is 0 Å². The van der Waals surface area contributed by atoms with Crippen LogP contribution in [-0.2, 0) is 0 Å². The Morgan fingerprint density at radius 3 is 2.41 bits per heavy atom. The quantitative estimate of drug-likeness (QED) is 0.207. The number of nitrogens with zero attached hydrogens (tertiary/aromatic N) is 1. The molecule has 0 amide bonds. The van der Waals surface area contributed by atoms with Gasteiger partial charge >= 0.3 is 10.9 Å². The number of fused-ring (bicyclic) bond motifs is 1. The van der Waals surface area contributed by atoms with Gasteiger partial charge in [0.15, 0.2) is 5.58 Å². The van der Waals surface area contributed by atoms with Crippen LogP contribution in [0.2, 0.25) is 0 Å². The fourth-order valence-corrected chi connectivity index (χ4v) is 3.46. The maximum absolute atomic E-state index is 13.3. The number of ether oxygens (including phenoxy) is 1. The molecular formula is C20H10FNO6S. The highest BCUT2D eigenvalue weighted by molar-refractivity contribution is 7.16. The standard InChI is InChI=1S/C20H10FNO6S/c21-13-5-1-11(2-6-13)16-9-15(10-17-18(16)28-20(24)29-17)27-19(23)12-3-7-14(8-4-12)22(25)26/h1-10H. The monoisotopic (exact) mass is 411 g/mol. The summed E-state index contributed by atoms with van der Waals surface area (Å²) < 4.78 is 24.3. The summed E-state index contributed by atoms with van der Waals surface area (Å²) in [5.41, 5.74) is 1.32. The summed E-state index contributed by atoms with van der Waals surface area (Å²) in [7, 11) is 0. The van der Waals surface area contributed by atoms with Crippen molar-refractivity contribution in [3.05, 3.63) is 91.9 Å². The average Bonchev–Trinajstić information content (AvgIpc) is 3.08. The van der Waals surface area contributed by atoms with Gasteiger partial charge in [0.1, 0.15) is 11.6 Å². The Hall–Kier alpha value is -3.85. The average molecular weight is 411 g/mol. The summed E-state index contributed by atoms with van der Waals surface area (Å²) in [5, 5.41) is 10.7. The van der Waals surface area contributed by atoms with Gasteiger partial charge in [0.25, 0.3) is 5.69 Å². The van der Waals surface area contributed by atoms with Gasteiger partial charge in [0.2, 0.25) is 0 Å². The molecule has 0 radical (unpaired) electrons. The van der Waals surface area contributed by atoms with Gasteiger partial charge in [-0.05, 0) is 35.9 Å². The zero-order valence-corrected chi connectivity index (χ0v) is 15.3. The fourth-order valence-electron chi connectivity index (χ4n) is 2.74. The Morgan fingerprint density at radius 2 is 1.76 bits per heavy atom. The van der Waals surface area contributed by atoms with E-state index in [1.54, 1.807) is 0 Å². The molecule has 29 heavy (non-hydrogen) atoms. The minimum Gasteiger partial charge on any atom is -0.423 e. The highest BCUT2D eigenvalue weighted by Crippen LogP contribution is 2.34. The molecule has 144 valence electrons. The van der Waals surface area contributed by atoms with E-state index in [0.29, 0.717) is 21.4 Å². The molecule has 0 saturated carbocycles. The van der Waals surface area contributed by atoms with Crippen LogP contribution in [0, 0.1) is 15.9 Å². The smallest absolute Gasteiger partial charge is 0.396 e. The maximum atomic E-state index is 13.3. The fraction of sp³-hybridized carbons (Fsp3) is 0. The van der Waals surface area contributed by atoms with Crippen LogP contribution in [0.4, 0.5) is 10.1 Å². The molecule has 0 aliphatic heterocycles. The number of esters is 1.